The van der Waals surface area contributed by atoms with Crippen molar-refractivity contribution in [2.75, 3.05) is 7.05 Å². The maximum atomic E-state index is 12.1. The van der Waals surface area contributed by atoms with Crippen LogP contribution in [0.3, 0.4) is 0 Å². The molecule has 0 saturated heterocycles. The highest BCUT2D eigenvalue weighted by Crippen LogP contribution is 2.26. The fraction of sp³-hybridized carbons (Fsp3) is 0.600. The molecule has 112 valence electrons. The Morgan fingerprint density at radius 3 is 2.30 bits per heavy atom. The standard InChI is InChI=1S/C15H24N2O2S/c1-4-15(11(2)16-3)12-5-9-14(10-6-12)20(18,19)17-13-7-8-13/h5-6,9-11,13,15-17H,4,7-8H2,1-3H3. The highest BCUT2D eigenvalue weighted by atomic mass is 32.2. The van der Waals surface area contributed by atoms with Crippen molar-refractivity contribution in [3.63, 3.8) is 0 Å². The zero-order chi connectivity index (χ0) is 14.8. The van der Waals surface area contributed by atoms with E-state index in [0.29, 0.717) is 16.9 Å². The van der Waals surface area contributed by atoms with Crippen LogP contribution < -0.4 is 10.0 Å². The Kier molecular flexibility index (Phi) is 4.83. The van der Waals surface area contributed by atoms with Crippen molar-refractivity contribution in [3.8, 4) is 0 Å². The molecule has 0 aromatic heterocycles. The van der Waals surface area contributed by atoms with Crippen LogP contribution in [0.15, 0.2) is 29.2 Å². The minimum atomic E-state index is -3.34. The van der Waals surface area contributed by atoms with Crippen molar-refractivity contribution in [3.05, 3.63) is 29.8 Å². The van der Waals surface area contributed by atoms with Crippen LogP contribution in [0.5, 0.6) is 0 Å². The molecule has 0 heterocycles. The Morgan fingerprint density at radius 2 is 1.85 bits per heavy atom. The number of likely N-dealkylation sites (N-methyl/N-ethyl adjacent to an activating group) is 1. The molecule has 2 rings (SSSR count). The van der Waals surface area contributed by atoms with Crippen molar-refractivity contribution < 1.29 is 8.42 Å². The van der Waals surface area contributed by atoms with E-state index in [4.69, 9.17) is 0 Å². The van der Waals surface area contributed by atoms with Gasteiger partial charge < -0.3 is 5.32 Å². The van der Waals surface area contributed by atoms with E-state index >= 15 is 0 Å². The molecule has 1 aliphatic carbocycles. The predicted molar refractivity (Wildman–Crippen MR) is 81.3 cm³/mol. The van der Waals surface area contributed by atoms with Crippen molar-refractivity contribution in [1.29, 1.82) is 0 Å². The lowest BCUT2D eigenvalue weighted by Gasteiger charge is -2.22. The molecule has 1 aromatic carbocycles. The lowest BCUT2D eigenvalue weighted by Crippen LogP contribution is -2.28. The van der Waals surface area contributed by atoms with E-state index in [2.05, 4.69) is 23.9 Å². The monoisotopic (exact) mass is 296 g/mol. The molecule has 1 fully saturated rings. The lowest BCUT2D eigenvalue weighted by atomic mass is 9.90. The second-order valence-electron chi connectivity index (χ2n) is 5.56. The summed E-state index contributed by atoms with van der Waals surface area (Å²) < 4.78 is 26.9. The van der Waals surface area contributed by atoms with Crippen molar-refractivity contribution in [2.45, 2.75) is 56.0 Å². The number of hydrogen-bond acceptors (Lipinski definition) is 3. The van der Waals surface area contributed by atoms with Gasteiger partial charge in [-0.3, -0.25) is 0 Å². The van der Waals surface area contributed by atoms with Gasteiger partial charge in [0.1, 0.15) is 0 Å². The largest absolute Gasteiger partial charge is 0.317 e. The van der Waals surface area contributed by atoms with Crippen LogP contribution >= 0.6 is 0 Å². The first-order chi connectivity index (χ1) is 9.47. The van der Waals surface area contributed by atoms with Gasteiger partial charge in [0.05, 0.1) is 4.90 Å². The van der Waals surface area contributed by atoms with Gasteiger partial charge in [0.2, 0.25) is 10.0 Å². The number of nitrogens with one attached hydrogen (secondary N) is 2. The molecule has 1 aliphatic rings. The molecule has 20 heavy (non-hydrogen) atoms. The van der Waals surface area contributed by atoms with Crippen LogP contribution in [0.4, 0.5) is 0 Å². The summed E-state index contributed by atoms with van der Waals surface area (Å²) in [6.45, 7) is 4.30. The molecule has 0 spiro atoms. The Balaban J connectivity index is 2.16. The number of benzene rings is 1. The van der Waals surface area contributed by atoms with Gasteiger partial charge in [-0.1, -0.05) is 19.1 Å². The van der Waals surface area contributed by atoms with Crippen LogP contribution in [0.25, 0.3) is 0 Å². The van der Waals surface area contributed by atoms with E-state index < -0.39 is 10.0 Å². The third-order valence-corrected chi connectivity index (χ3v) is 5.55. The van der Waals surface area contributed by atoms with Crippen LogP contribution in [-0.2, 0) is 10.0 Å². The third kappa shape index (κ3) is 3.59. The summed E-state index contributed by atoms with van der Waals surface area (Å²) in [6.07, 6.45) is 2.93. The van der Waals surface area contributed by atoms with Gasteiger partial charge in [-0.25, -0.2) is 13.1 Å². The first-order valence-corrected chi connectivity index (χ1v) is 8.75. The van der Waals surface area contributed by atoms with E-state index in [9.17, 15) is 8.42 Å². The molecule has 0 radical (unpaired) electrons. The van der Waals surface area contributed by atoms with Crippen LogP contribution in [-0.4, -0.2) is 27.5 Å². The first-order valence-electron chi connectivity index (χ1n) is 7.27. The molecular weight excluding hydrogens is 272 g/mol. The fourth-order valence-corrected chi connectivity index (χ4v) is 3.77. The highest BCUT2D eigenvalue weighted by Gasteiger charge is 2.28. The van der Waals surface area contributed by atoms with Gasteiger partial charge in [0, 0.05) is 12.1 Å². The minimum absolute atomic E-state index is 0.146. The molecule has 2 atom stereocenters. The molecule has 1 saturated carbocycles. The zero-order valence-corrected chi connectivity index (χ0v) is 13.2. The Morgan fingerprint density at radius 1 is 1.25 bits per heavy atom. The van der Waals surface area contributed by atoms with Gasteiger partial charge >= 0.3 is 0 Å². The lowest BCUT2D eigenvalue weighted by molar-refractivity contribution is 0.483. The summed E-state index contributed by atoms with van der Waals surface area (Å²) in [5, 5.41) is 3.26. The highest BCUT2D eigenvalue weighted by molar-refractivity contribution is 7.89. The maximum absolute atomic E-state index is 12.1. The SMILES string of the molecule is CCC(c1ccc(S(=O)(=O)NC2CC2)cc1)C(C)NC. The third-order valence-electron chi connectivity index (χ3n) is 4.02. The summed E-state index contributed by atoms with van der Waals surface area (Å²) in [5.74, 6) is 0.396. The van der Waals surface area contributed by atoms with E-state index in [0.717, 1.165) is 19.3 Å². The fourth-order valence-electron chi connectivity index (χ4n) is 2.46. The van der Waals surface area contributed by atoms with Crippen LogP contribution in [0, 0.1) is 0 Å². The summed E-state index contributed by atoms with van der Waals surface area (Å²) in [6, 6.07) is 7.81. The summed E-state index contributed by atoms with van der Waals surface area (Å²) in [7, 11) is -1.39. The van der Waals surface area contributed by atoms with Gasteiger partial charge in [-0.05, 0) is 56.8 Å². The van der Waals surface area contributed by atoms with Crippen molar-refractivity contribution >= 4 is 10.0 Å². The molecule has 2 unspecified atom stereocenters. The van der Waals surface area contributed by atoms with E-state index in [1.54, 1.807) is 12.1 Å². The molecule has 0 amide bonds. The summed E-state index contributed by atoms with van der Waals surface area (Å²) in [4.78, 5) is 0.361. The minimum Gasteiger partial charge on any atom is -0.317 e. The maximum Gasteiger partial charge on any atom is 0.240 e. The molecule has 1 aromatic rings. The summed E-state index contributed by atoms with van der Waals surface area (Å²) >= 11 is 0. The number of hydrogen-bond donors (Lipinski definition) is 2. The zero-order valence-electron chi connectivity index (χ0n) is 12.4. The first kappa shape index (κ1) is 15.5. The molecule has 0 bridgehead atoms. The summed E-state index contributed by atoms with van der Waals surface area (Å²) in [5.41, 5.74) is 1.18. The Hall–Kier alpha value is -0.910. The van der Waals surface area contributed by atoms with Gasteiger partial charge in [0.15, 0.2) is 0 Å². The quantitative estimate of drug-likeness (QED) is 0.811. The number of sulfonamides is 1. The average Bonchev–Trinajstić information content (AvgIpc) is 3.23. The smallest absolute Gasteiger partial charge is 0.240 e. The molecular formula is C15H24N2O2S. The van der Waals surface area contributed by atoms with Crippen LogP contribution in [0.2, 0.25) is 0 Å². The Labute approximate surface area is 122 Å². The molecule has 5 heteroatoms. The van der Waals surface area contributed by atoms with E-state index in [-0.39, 0.29) is 6.04 Å². The average molecular weight is 296 g/mol. The number of rotatable bonds is 7. The second kappa shape index (κ2) is 6.24. The second-order valence-corrected chi connectivity index (χ2v) is 7.27. The van der Waals surface area contributed by atoms with Crippen molar-refractivity contribution in [2.24, 2.45) is 0 Å². The Bertz CT molecular complexity index is 535. The van der Waals surface area contributed by atoms with Gasteiger partial charge in [0.25, 0.3) is 0 Å². The van der Waals surface area contributed by atoms with Gasteiger partial charge in [-0.15, -0.1) is 0 Å². The molecule has 2 N–H and O–H groups in total. The normalized spacial score (nSPS) is 18.8. The molecule has 4 nitrogen and oxygen atoms in total. The predicted octanol–water partition coefficient (Wildman–Crippen LogP) is 2.23. The topological polar surface area (TPSA) is 58.2 Å². The van der Waals surface area contributed by atoms with E-state index in [1.165, 1.54) is 5.56 Å². The van der Waals surface area contributed by atoms with Gasteiger partial charge in [-0.2, -0.15) is 0 Å². The van der Waals surface area contributed by atoms with Crippen LogP contribution in [0.1, 0.15) is 44.6 Å². The van der Waals surface area contributed by atoms with E-state index in [1.807, 2.05) is 19.2 Å². The molecule has 0 aliphatic heterocycles. The van der Waals surface area contributed by atoms with Crippen molar-refractivity contribution in [1.82, 2.24) is 10.0 Å².